The van der Waals surface area contributed by atoms with E-state index in [0.717, 1.165) is 11.1 Å². The molecule has 0 unspecified atom stereocenters. The van der Waals surface area contributed by atoms with Gasteiger partial charge in [-0.15, -0.1) is 0 Å². The molecule has 5 aromatic rings. The van der Waals surface area contributed by atoms with Crippen molar-refractivity contribution in [2.24, 2.45) is 0 Å². The van der Waals surface area contributed by atoms with Crippen molar-refractivity contribution >= 4 is 34.8 Å². The summed E-state index contributed by atoms with van der Waals surface area (Å²) in [5, 5.41) is 11.6. The fourth-order valence-electron chi connectivity index (χ4n) is 4.90. The van der Waals surface area contributed by atoms with E-state index in [4.69, 9.17) is 4.98 Å². The Hall–Kier alpha value is -6.31. The molecule has 0 atom stereocenters. The maximum absolute atomic E-state index is 12.8. The van der Waals surface area contributed by atoms with Crippen LogP contribution >= 0.6 is 0 Å². The van der Waals surface area contributed by atoms with Crippen LogP contribution in [-0.4, -0.2) is 17.0 Å². The Kier molecular flexibility index (Phi) is 10.7. The fourth-order valence-corrected chi connectivity index (χ4v) is 4.90. The SMILES string of the molecule is CC(C)(C)c1ccc(NC(=O)Nc2ccccc2)c(C#Cc2cccc(C#Cc3cc(C(C)(C)C)ccc3NC(=O)Nc3ccccc3)n2)c1. The molecule has 0 radical (unpaired) electrons. The van der Waals surface area contributed by atoms with Crippen LogP contribution in [0.25, 0.3) is 0 Å². The van der Waals surface area contributed by atoms with Gasteiger partial charge in [0.25, 0.3) is 0 Å². The van der Waals surface area contributed by atoms with E-state index < -0.39 is 0 Å². The number of nitrogens with one attached hydrogen (secondary N) is 4. The first-order chi connectivity index (χ1) is 23.8. The van der Waals surface area contributed by atoms with Crippen LogP contribution in [0.2, 0.25) is 0 Å². The molecular weight excluding hydrogens is 619 g/mol. The predicted octanol–water partition coefficient (Wildman–Crippen LogP) is 9.76. The van der Waals surface area contributed by atoms with Crippen LogP contribution in [0, 0.1) is 23.7 Å². The molecule has 4 N–H and O–H groups in total. The minimum Gasteiger partial charge on any atom is -0.308 e. The summed E-state index contributed by atoms with van der Waals surface area (Å²) in [6.45, 7) is 12.8. The summed E-state index contributed by atoms with van der Waals surface area (Å²) >= 11 is 0. The highest BCUT2D eigenvalue weighted by molar-refractivity contribution is 6.01. The van der Waals surface area contributed by atoms with Gasteiger partial charge in [0.05, 0.1) is 11.4 Å². The molecule has 7 heteroatoms. The summed E-state index contributed by atoms with van der Waals surface area (Å²) in [5.41, 5.74) is 6.89. The minimum absolute atomic E-state index is 0.116. The van der Waals surface area contributed by atoms with Crippen molar-refractivity contribution in [1.29, 1.82) is 0 Å². The van der Waals surface area contributed by atoms with Gasteiger partial charge in [-0.2, -0.15) is 0 Å². The Balaban J connectivity index is 1.42. The van der Waals surface area contributed by atoms with E-state index in [1.54, 1.807) is 0 Å². The van der Waals surface area contributed by atoms with E-state index in [-0.39, 0.29) is 22.9 Å². The topological polar surface area (TPSA) is 95.2 Å². The number of benzene rings is 4. The van der Waals surface area contributed by atoms with Gasteiger partial charge in [0.2, 0.25) is 0 Å². The van der Waals surface area contributed by atoms with Gasteiger partial charge in [-0.1, -0.05) is 108 Å². The summed E-state index contributed by atoms with van der Waals surface area (Å²) in [5.74, 6) is 12.8. The standard InChI is InChI=1S/C43H41N5O2/c1-42(2,3)32-22-26-38(47-40(49)45-34-14-9-7-10-15-34)30(28-32)20-24-36-18-13-19-37(44-36)25-21-31-29-33(43(4,5)6)23-27-39(31)48-41(50)46-35-16-11-8-12-17-35/h7-19,22-23,26-29H,1-6H3,(H2,45,47,49)(H2,46,48,50). The highest BCUT2D eigenvalue weighted by Crippen LogP contribution is 2.28. The molecule has 0 aliphatic heterocycles. The molecule has 4 aromatic carbocycles. The minimum atomic E-state index is -0.361. The molecule has 0 spiro atoms. The molecule has 0 bridgehead atoms. The lowest BCUT2D eigenvalue weighted by Gasteiger charge is -2.20. The number of hydrogen-bond acceptors (Lipinski definition) is 3. The van der Waals surface area contributed by atoms with Crippen molar-refractivity contribution in [3.05, 3.63) is 149 Å². The lowest BCUT2D eigenvalue weighted by Crippen LogP contribution is -2.20. The number of carbonyl (C=O) groups excluding carboxylic acids is 2. The molecular formula is C43H41N5O2. The first-order valence-corrected chi connectivity index (χ1v) is 16.4. The number of nitrogens with zero attached hydrogens (tertiary/aromatic N) is 1. The Bertz CT molecular complexity index is 1970. The van der Waals surface area contributed by atoms with Crippen LogP contribution in [0.5, 0.6) is 0 Å². The molecule has 0 fully saturated rings. The quantitative estimate of drug-likeness (QED) is 0.145. The fraction of sp³-hybridized carbons (Fsp3) is 0.186. The van der Waals surface area contributed by atoms with Crippen LogP contribution < -0.4 is 21.3 Å². The van der Waals surface area contributed by atoms with Crippen molar-refractivity contribution in [2.75, 3.05) is 21.3 Å². The molecule has 4 amide bonds. The third kappa shape index (κ3) is 9.86. The molecule has 250 valence electrons. The molecule has 0 saturated carbocycles. The van der Waals surface area contributed by atoms with E-state index in [9.17, 15) is 9.59 Å². The highest BCUT2D eigenvalue weighted by Gasteiger charge is 2.17. The van der Waals surface area contributed by atoms with Crippen molar-refractivity contribution in [1.82, 2.24) is 4.98 Å². The second-order valence-corrected chi connectivity index (χ2v) is 13.8. The van der Waals surface area contributed by atoms with Gasteiger partial charge in [0, 0.05) is 22.5 Å². The van der Waals surface area contributed by atoms with Crippen molar-refractivity contribution in [3.63, 3.8) is 0 Å². The molecule has 0 aliphatic carbocycles. The molecule has 50 heavy (non-hydrogen) atoms. The molecule has 1 heterocycles. The van der Waals surface area contributed by atoms with E-state index in [1.165, 1.54) is 0 Å². The van der Waals surface area contributed by atoms with Crippen LogP contribution in [0.3, 0.4) is 0 Å². The second kappa shape index (κ2) is 15.3. The first kappa shape index (κ1) is 35.0. The molecule has 0 saturated heterocycles. The van der Waals surface area contributed by atoms with Crippen LogP contribution in [0.1, 0.15) is 75.2 Å². The van der Waals surface area contributed by atoms with Crippen LogP contribution in [0.4, 0.5) is 32.3 Å². The number of urea groups is 2. The zero-order valence-electron chi connectivity index (χ0n) is 29.2. The summed E-state index contributed by atoms with van der Waals surface area (Å²) < 4.78 is 0. The Morgan fingerprint density at radius 1 is 0.480 bits per heavy atom. The third-order valence-electron chi connectivity index (χ3n) is 7.73. The number of aromatic nitrogens is 1. The summed E-state index contributed by atoms with van der Waals surface area (Å²) in [4.78, 5) is 30.4. The highest BCUT2D eigenvalue weighted by atomic mass is 16.2. The van der Waals surface area contributed by atoms with Crippen LogP contribution in [0.15, 0.2) is 115 Å². The Morgan fingerprint density at radius 2 is 0.880 bits per heavy atom. The monoisotopic (exact) mass is 659 g/mol. The van der Waals surface area contributed by atoms with Gasteiger partial charge in [0.15, 0.2) is 0 Å². The predicted molar refractivity (Wildman–Crippen MR) is 205 cm³/mol. The van der Waals surface area contributed by atoms with Gasteiger partial charge in [0.1, 0.15) is 11.4 Å². The molecule has 0 aliphatic rings. The van der Waals surface area contributed by atoms with E-state index in [0.29, 0.717) is 45.3 Å². The first-order valence-electron chi connectivity index (χ1n) is 16.4. The van der Waals surface area contributed by atoms with Gasteiger partial charge < -0.3 is 21.3 Å². The number of hydrogen-bond donors (Lipinski definition) is 4. The number of pyridine rings is 1. The number of rotatable bonds is 4. The van der Waals surface area contributed by atoms with E-state index in [1.807, 2.05) is 115 Å². The maximum Gasteiger partial charge on any atom is 0.323 e. The smallest absolute Gasteiger partial charge is 0.308 e. The van der Waals surface area contributed by atoms with Gasteiger partial charge >= 0.3 is 12.1 Å². The lowest BCUT2D eigenvalue weighted by molar-refractivity contribution is 0.261. The second-order valence-electron chi connectivity index (χ2n) is 13.8. The number of para-hydroxylation sites is 2. The van der Waals surface area contributed by atoms with Gasteiger partial charge in [-0.25, -0.2) is 14.6 Å². The molecule has 7 nitrogen and oxygen atoms in total. The average molecular weight is 660 g/mol. The van der Waals surface area contributed by atoms with Crippen molar-refractivity contribution in [2.45, 2.75) is 52.4 Å². The summed E-state index contributed by atoms with van der Waals surface area (Å²) in [7, 11) is 0. The molecule has 1 aromatic heterocycles. The van der Waals surface area contributed by atoms with E-state index in [2.05, 4.69) is 86.5 Å². The summed E-state index contributed by atoms with van der Waals surface area (Å²) in [6.07, 6.45) is 0. The largest absolute Gasteiger partial charge is 0.323 e. The zero-order chi connectivity index (χ0) is 35.7. The lowest BCUT2D eigenvalue weighted by atomic mass is 9.86. The molecule has 5 rings (SSSR count). The third-order valence-corrected chi connectivity index (χ3v) is 7.73. The van der Waals surface area contributed by atoms with E-state index >= 15 is 0 Å². The van der Waals surface area contributed by atoms with Gasteiger partial charge in [-0.05, 0) is 94.5 Å². The Labute approximate surface area is 295 Å². The normalized spacial score (nSPS) is 10.8. The number of anilines is 4. The van der Waals surface area contributed by atoms with Crippen molar-refractivity contribution < 1.29 is 9.59 Å². The van der Waals surface area contributed by atoms with Crippen LogP contribution in [-0.2, 0) is 10.8 Å². The average Bonchev–Trinajstić information content (AvgIpc) is 3.07. The Morgan fingerprint density at radius 3 is 1.26 bits per heavy atom. The number of carbonyl (C=O) groups is 2. The van der Waals surface area contributed by atoms with Crippen molar-refractivity contribution in [3.8, 4) is 23.7 Å². The summed E-state index contributed by atoms with van der Waals surface area (Å²) in [6, 6.07) is 35.1. The van der Waals surface area contributed by atoms with Gasteiger partial charge in [-0.3, -0.25) is 0 Å². The zero-order valence-corrected chi connectivity index (χ0v) is 29.2. The maximum atomic E-state index is 12.8. The number of amides is 4.